The lowest BCUT2D eigenvalue weighted by Crippen LogP contribution is -2.55. The Morgan fingerprint density at radius 1 is 1.24 bits per heavy atom. The zero-order chi connectivity index (χ0) is 16.0. The van der Waals surface area contributed by atoms with Gasteiger partial charge in [-0.25, -0.2) is 13.1 Å². The van der Waals surface area contributed by atoms with Gasteiger partial charge in [-0.05, 0) is 38.5 Å². The minimum absolute atomic E-state index is 0.0134. The molecular weight excluding hydrogens is 296 g/mol. The summed E-state index contributed by atoms with van der Waals surface area (Å²) in [5.41, 5.74) is -1.27. The van der Waals surface area contributed by atoms with E-state index in [0.29, 0.717) is 12.5 Å². The average molecular weight is 318 g/mol. The van der Waals surface area contributed by atoms with Crippen molar-refractivity contribution >= 4 is 21.9 Å². The van der Waals surface area contributed by atoms with Gasteiger partial charge in [0.15, 0.2) is 0 Å². The van der Waals surface area contributed by atoms with Crippen molar-refractivity contribution in [1.82, 2.24) is 9.62 Å². The number of rotatable bonds is 5. The highest BCUT2D eigenvalue weighted by molar-refractivity contribution is 7.88. The minimum Gasteiger partial charge on any atom is -0.481 e. The first-order valence-corrected chi connectivity index (χ1v) is 8.91. The van der Waals surface area contributed by atoms with Gasteiger partial charge in [0.2, 0.25) is 15.9 Å². The van der Waals surface area contributed by atoms with Crippen LogP contribution in [-0.2, 0) is 19.6 Å². The highest BCUT2D eigenvalue weighted by atomic mass is 32.2. The molecule has 0 bridgehead atoms. The van der Waals surface area contributed by atoms with E-state index in [1.807, 2.05) is 0 Å². The third kappa shape index (κ3) is 3.74. The lowest BCUT2D eigenvalue weighted by molar-refractivity contribution is -0.143. The molecule has 1 saturated heterocycles. The number of nitrogens with zero attached hydrogens (tertiary/aromatic N) is 1. The maximum atomic E-state index is 12.5. The van der Waals surface area contributed by atoms with Crippen LogP contribution < -0.4 is 4.72 Å². The van der Waals surface area contributed by atoms with E-state index in [1.165, 1.54) is 18.7 Å². The summed E-state index contributed by atoms with van der Waals surface area (Å²) in [6.07, 6.45) is 3.03. The molecule has 2 aliphatic rings. The van der Waals surface area contributed by atoms with Crippen molar-refractivity contribution in [3.05, 3.63) is 0 Å². The Morgan fingerprint density at radius 3 is 2.24 bits per heavy atom. The molecule has 1 amide bonds. The second-order valence-electron chi connectivity index (χ2n) is 6.66. The van der Waals surface area contributed by atoms with Crippen molar-refractivity contribution in [3.63, 3.8) is 0 Å². The Hall–Kier alpha value is -1.15. The molecule has 1 aliphatic carbocycles. The van der Waals surface area contributed by atoms with Gasteiger partial charge in [0.1, 0.15) is 5.54 Å². The number of sulfonamides is 1. The van der Waals surface area contributed by atoms with Crippen LogP contribution in [0.3, 0.4) is 0 Å². The van der Waals surface area contributed by atoms with Gasteiger partial charge in [-0.2, -0.15) is 0 Å². The Balaban J connectivity index is 2.11. The predicted molar refractivity (Wildman–Crippen MR) is 76.0 cm³/mol. The molecule has 8 heteroatoms. The van der Waals surface area contributed by atoms with E-state index in [2.05, 4.69) is 4.72 Å². The molecule has 2 N–H and O–H groups in total. The van der Waals surface area contributed by atoms with Gasteiger partial charge in [-0.15, -0.1) is 0 Å². The quantitative estimate of drug-likeness (QED) is 0.736. The van der Waals surface area contributed by atoms with E-state index in [4.69, 9.17) is 0 Å². The summed E-state index contributed by atoms with van der Waals surface area (Å²) in [6.45, 7) is 3.55. The van der Waals surface area contributed by atoms with Crippen molar-refractivity contribution in [3.8, 4) is 0 Å². The van der Waals surface area contributed by atoms with Crippen LogP contribution in [0, 0.1) is 17.8 Å². The molecule has 0 spiro atoms. The maximum Gasteiger partial charge on any atom is 0.308 e. The standard InChI is InChI=1S/C13H22N2O5S/c1-13(2,14-21(3,19)20)12(18)15-6-9(8-4-5-8)10(7-15)11(16)17/h8-10,14H,4-7H2,1-3H3,(H,16,17)/t9-,10+/m1/s1. The van der Waals surface area contributed by atoms with Crippen LogP contribution in [-0.4, -0.2) is 55.2 Å². The van der Waals surface area contributed by atoms with Crippen molar-refractivity contribution in [2.24, 2.45) is 17.8 Å². The van der Waals surface area contributed by atoms with Crippen LogP contribution in [0.4, 0.5) is 0 Å². The number of carbonyl (C=O) groups excluding carboxylic acids is 1. The Kier molecular flexibility index (Phi) is 4.05. The zero-order valence-electron chi connectivity index (χ0n) is 12.5. The molecule has 7 nitrogen and oxygen atoms in total. The first-order valence-electron chi connectivity index (χ1n) is 7.02. The van der Waals surface area contributed by atoms with E-state index in [1.54, 1.807) is 0 Å². The summed E-state index contributed by atoms with van der Waals surface area (Å²) in [5.74, 6) is -1.43. The minimum atomic E-state index is -3.52. The van der Waals surface area contributed by atoms with Crippen LogP contribution >= 0.6 is 0 Å². The highest BCUT2D eigenvalue weighted by Gasteiger charge is 2.49. The number of carboxylic acids is 1. The monoisotopic (exact) mass is 318 g/mol. The molecular formula is C13H22N2O5S. The Morgan fingerprint density at radius 2 is 1.81 bits per heavy atom. The molecule has 0 radical (unpaired) electrons. The van der Waals surface area contributed by atoms with Gasteiger partial charge in [-0.1, -0.05) is 0 Å². The lowest BCUT2D eigenvalue weighted by Gasteiger charge is -2.29. The zero-order valence-corrected chi connectivity index (χ0v) is 13.3. The summed E-state index contributed by atoms with van der Waals surface area (Å²) in [5, 5.41) is 9.30. The topological polar surface area (TPSA) is 104 Å². The van der Waals surface area contributed by atoms with Crippen LogP contribution in [0.25, 0.3) is 0 Å². The molecule has 120 valence electrons. The molecule has 2 atom stereocenters. The van der Waals surface area contributed by atoms with Gasteiger partial charge in [-0.3, -0.25) is 9.59 Å². The summed E-state index contributed by atoms with van der Waals surface area (Å²) in [4.78, 5) is 25.3. The third-order valence-corrected chi connectivity index (χ3v) is 5.05. The predicted octanol–water partition coefficient (Wildman–Crippen LogP) is -0.117. The molecule has 0 aromatic carbocycles. The highest BCUT2D eigenvalue weighted by Crippen LogP contribution is 2.44. The van der Waals surface area contributed by atoms with E-state index in [-0.39, 0.29) is 18.4 Å². The fourth-order valence-corrected chi connectivity index (χ4v) is 4.17. The van der Waals surface area contributed by atoms with E-state index in [0.717, 1.165) is 19.1 Å². The summed E-state index contributed by atoms with van der Waals surface area (Å²) in [7, 11) is -3.52. The average Bonchev–Trinajstić information content (AvgIpc) is 3.04. The number of likely N-dealkylation sites (tertiary alicyclic amines) is 1. The Bertz CT molecular complexity index is 553. The van der Waals surface area contributed by atoms with Gasteiger partial charge in [0, 0.05) is 13.1 Å². The first-order chi connectivity index (χ1) is 9.51. The third-order valence-electron chi connectivity index (χ3n) is 4.17. The number of hydrogen-bond donors (Lipinski definition) is 2. The number of aliphatic carboxylic acids is 1. The molecule has 2 fully saturated rings. The molecule has 2 rings (SSSR count). The molecule has 21 heavy (non-hydrogen) atoms. The number of carbonyl (C=O) groups is 2. The van der Waals surface area contributed by atoms with Gasteiger partial charge in [0.05, 0.1) is 12.2 Å². The second-order valence-corrected chi connectivity index (χ2v) is 8.40. The van der Waals surface area contributed by atoms with Crippen LogP contribution in [0.15, 0.2) is 0 Å². The Labute approximate surface area is 124 Å². The molecule has 1 saturated carbocycles. The number of hydrogen-bond acceptors (Lipinski definition) is 4. The summed E-state index contributed by atoms with van der Waals surface area (Å²) in [6, 6.07) is 0. The van der Waals surface area contributed by atoms with E-state index in [9.17, 15) is 23.1 Å². The fraction of sp³-hybridized carbons (Fsp3) is 0.846. The van der Waals surface area contributed by atoms with Crippen molar-refractivity contribution in [1.29, 1.82) is 0 Å². The number of amides is 1. The fourth-order valence-electron chi connectivity index (χ4n) is 3.16. The van der Waals surface area contributed by atoms with Crippen molar-refractivity contribution < 1.29 is 23.1 Å². The molecule has 0 unspecified atom stereocenters. The number of nitrogens with one attached hydrogen (secondary N) is 1. The first kappa shape index (κ1) is 16.2. The van der Waals surface area contributed by atoms with Crippen molar-refractivity contribution in [2.45, 2.75) is 32.2 Å². The van der Waals surface area contributed by atoms with E-state index >= 15 is 0 Å². The van der Waals surface area contributed by atoms with Crippen molar-refractivity contribution in [2.75, 3.05) is 19.3 Å². The maximum absolute atomic E-state index is 12.5. The lowest BCUT2D eigenvalue weighted by atomic mass is 9.92. The van der Waals surface area contributed by atoms with Crippen LogP contribution in [0.5, 0.6) is 0 Å². The van der Waals surface area contributed by atoms with Crippen LogP contribution in [0.1, 0.15) is 26.7 Å². The SMILES string of the molecule is CC(C)(NS(C)(=O)=O)C(=O)N1C[C@H](C(=O)O)[C@@H](C2CC2)C1. The van der Waals surface area contributed by atoms with Gasteiger partial charge < -0.3 is 10.0 Å². The smallest absolute Gasteiger partial charge is 0.308 e. The molecule has 0 aromatic heterocycles. The largest absolute Gasteiger partial charge is 0.481 e. The van der Waals surface area contributed by atoms with Gasteiger partial charge in [0.25, 0.3) is 0 Å². The molecule has 1 heterocycles. The van der Waals surface area contributed by atoms with E-state index < -0.39 is 27.4 Å². The van der Waals surface area contributed by atoms with Crippen LogP contribution in [0.2, 0.25) is 0 Å². The molecule has 0 aromatic rings. The molecule has 1 aliphatic heterocycles. The number of carboxylic acid groups (broad SMARTS) is 1. The second kappa shape index (κ2) is 5.24. The van der Waals surface area contributed by atoms with Gasteiger partial charge >= 0.3 is 5.97 Å². The normalized spacial score (nSPS) is 26.9. The summed E-state index contributed by atoms with van der Waals surface area (Å²) < 4.78 is 25.0. The summed E-state index contributed by atoms with van der Waals surface area (Å²) >= 11 is 0.